The molecule has 0 spiro atoms. The molecule has 0 aromatic heterocycles. The standard InChI is InChI=1S/C12H24N2O4S2/c1-3-14(12-6-8-19(15,16)10-12)20(17,18)13-7-4-5-11(2)9-13/h11-12H,3-10H2,1-2H3/t11-,12+/m0/s1. The summed E-state index contributed by atoms with van der Waals surface area (Å²) in [6, 6.07) is -0.396. The number of sulfone groups is 1. The Hall–Kier alpha value is -0.180. The van der Waals surface area contributed by atoms with Crippen molar-refractivity contribution < 1.29 is 16.8 Å². The molecule has 0 aliphatic carbocycles. The summed E-state index contributed by atoms with van der Waals surface area (Å²) in [5.41, 5.74) is 0. The minimum atomic E-state index is -3.54. The fourth-order valence-corrected chi connectivity index (χ4v) is 6.92. The van der Waals surface area contributed by atoms with E-state index in [1.165, 1.54) is 8.61 Å². The average molecular weight is 324 g/mol. The molecule has 2 saturated heterocycles. The Bertz CT molecular complexity index is 544. The first-order valence-corrected chi connectivity index (χ1v) is 10.5. The Labute approximate surface area is 122 Å². The van der Waals surface area contributed by atoms with Crippen LogP contribution in [0.5, 0.6) is 0 Å². The van der Waals surface area contributed by atoms with Crippen molar-refractivity contribution in [3.8, 4) is 0 Å². The lowest BCUT2D eigenvalue weighted by Crippen LogP contribution is -2.51. The van der Waals surface area contributed by atoms with E-state index in [2.05, 4.69) is 6.92 Å². The first kappa shape index (κ1) is 16.2. The van der Waals surface area contributed by atoms with Crippen molar-refractivity contribution in [2.24, 2.45) is 5.92 Å². The number of rotatable bonds is 4. The van der Waals surface area contributed by atoms with Crippen LogP contribution in [0.4, 0.5) is 0 Å². The van der Waals surface area contributed by atoms with Crippen LogP contribution in [0.3, 0.4) is 0 Å². The molecule has 0 aromatic rings. The van der Waals surface area contributed by atoms with Gasteiger partial charge in [-0.3, -0.25) is 0 Å². The maximum Gasteiger partial charge on any atom is 0.282 e. The number of hydrogen-bond acceptors (Lipinski definition) is 4. The van der Waals surface area contributed by atoms with E-state index in [1.807, 2.05) is 0 Å². The van der Waals surface area contributed by atoms with Crippen molar-refractivity contribution in [2.45, 2.75) is 39.2 Å². The molecular formula is C12H24N2O4S2. The maximum atomic E-state index is 12.7. The van der Waals surface area contributed by atoms with E-state index in [1.54, 1.807) is 6.92 Å². The summed E-state index contributed by atoms with van der Waals surface area (Å²) in [7, 11) is -6.62. The third-order valence-corrected chi connectivity index (χ3v) is 8.05. The second-order valence-corrected chi connectivity index (χ2v) is 9.98. The molecule has 0 N–H and O–H groups in total. The summed E-state index contributed by atoms with van der Waals surface area (Å²) in [5.74, 6) is 0.424. The van der Waals surface area contributed by atoms with Gasteiger partial charge in [0.05, 0.1) is 11.5 Å². The highest BCUT2D eigenvalue weighted by atomic mass is 32.2. The van der Waals surface area contributed by atoms with Gasteiger partial charge in [-0.15, -0.1) is 0 Å². The van der Waals surface area contributed by atoms with Gasteiger partial charge in [0.25, 0.3) is 10.2 Å². The van der Waals surface area contributed by atoms with Crippen molar-refractivity contribution in [2.75, 3.05) is 31.1 Å². The number of nitrogens with zero attached hydrogens (tertiary/aromatic N) is 2. The van der Waals surface area contributed by atoms with E-state index < -0.39 is 26.1 Å². The van der Waals surface area contributed by atoms with E-state index >= 15 is 0 Å². The van der Waals surface area contributed by atoms with E-state index in [9.17, 15) is 16.8 Å². The fourth-order valence-electron chi connectivity index (χ4n) is 3.12. The monoisotopic (exact) mass is 324 g/mol. The third-order valence-electron chi connectivity index (χ3n) is 4.17. The van der Waals surface area contributed by atoms with Crippen LogP contribution in [-0.4, -0.2) is 62.6 Å². The minimum absolute atomic E-state index is 0.0382. The average Bonchev–Trinajstić information content (AvgIpc) is 2.70. The Kier molecular flexibility index (Phi) is 4.78. The van der Waals surface area contributed by atoms with E-state index in [0.29, 0.717) is 32.0 Å². The predicted octanol–water partition coefficient (Wildman–Crippen LogP) is 0.472. The van der Waals surface area contributed by atoms with Crippen molar-refractivity contribution in [3.63, 3.8) is 0 Å². The van der Waals surface area contributed by atoms with Crippen LogP contribution in [0.2, 0.25) is 0 Å². The predicted molar refractivity (Wildman–Crippen MR) is 78.3 cm³/mol. The first-order chi connectivity index (χ1) is 9.26. The lowest BCUT2D eigenvalue weighted by Gasteiger charge is -2.36. The molecule has 6 nitrogen and oxygen atoms in total. The zero-order chi connectivity index (χ0) is 15.0. The molecule has 0 bridgehead atoms. The summed E-state index contributed by atoms with van der Waals surface area (Å²) >= 11 is 0. The number of hydrogen-bond donors (Lipinski definition) is 0. The van der Waals surface area contributed by atoms with Crippen molar-refractivity contribution in [1.82, 2.24) is 8.61 Å². The molecule has 118 valence electrons. The topological polar surface area (TPSA) is 74.8 Å². The zero-order valence-electron chi connectivity index (χ0n) is 12.2. The van der Waals surface area contributed by atoms with Crippen LogP contribution in [0.25, 0.3) is 0 Å². The molecule has 2 atom stereocenters. The van der Waals surface area contributed by atoms with Crippen molar-refractivity contribution >= 4 is 20.0 Å². The normalized spacial score (nSPS) is 31.8. The molecule has 0 amide bonds. The summed E-state index contributed by atoms with van der Waals surface area (Å²) in [5, 5.41) is 0. The summed E-state index contributed by atoms with van der Waals surface area (Å²) in [4.78, 5) is 0. The van der Waals surface area contributed by atoms with E-state index in [0.717, 1.165) is 12.8 Å². The lowest BCUT2D eigenvalue weighted by molar-refractivity contribution is 0.247. The smallest absolute Gasteiger partial charge is 0.229 e. The van der Waals surface area contributed by atoms with Gasteiger partial charge >= 0.3 is 0 Å². The molecule has 2 heterocycles. The van der Waals surface area contributed by atoms with E-state index in [-0.39, 0.29) is 11.5 Å². The molecule has 0 unspecified atom stereocenters. The van der Waals surface area contributed by atoms with Crippen LogP contribution in [-0.2, 0) is 20.0 Å². The molecule has 2 rings (SSSR count). The minimum Gasteiger partial charge on any atom is -0.229 e. The molecular weight excluding hydrogens is 300 g/mol. The maximum absolute atomic E-state index is 12.7. The molecule has 0 aromatic carbocycles. The van der Waals surface area contributed by atoms with Gasteiger partial charge in [0, 0.05) is 25.7 Å². The molecule has 20 heavy (non-hydrogen) atoms. The summed E-state index contributed by atoms with van der Waals surface area (Å²) < 4.78 is 51.5. The largest absolute Gasteiger partial charge is 0.282 e. The summed E-state index contributed by atoms with van der Waals surface area (Å²) in [6.45, 7) is 5.24. The van der Waals surface area contributed by atoms with Gasteiger partial charge in [0.1, 0.15) is 0 Å². The Morgan fingerprint density at radius 1 is 1.30 bits per heavy atom. The van der Waals surface area contributed by atoms with E-state index in [4.69, 9.17) is 0 Å². The first-order valence-electron chi connectivity index (χ1n) is 7.23. The highest BCUT2D eigenvalue weighted by molar-refractivity contribution is 7.91. The second kappa shape index (κ2) is 5.90. The third kappa shape index (κ3) is 3.35. The van der Waals surface area contributed by atoms with Crippen LogP contribution in [0, 0.1) is 5.92 Å². The van der Waals surface area contributed by atoms with Gasteiger partial charge < -0.3 is 0 Å². The van der Waals surface area contributed by atoms with Crippen molar-refractivity contribution in [1.29, 1.82) is 0 Å². The van der Waals surface area contributed by atoms with Crippen LogP contribution in [0.1, 0.15) is 33.1 Å². The van der Waals surface area contributed by atoms with Crippen LogP contribution in [0.15, 0.2) is 0 Å². The number of piperidine rings is 1. The molecule has 8 heteroatoms. The van der Waals surface area contributed by atoms with Gasteiger partial charge in [-0.2, -0.15) is 17.0 Å². The highest BCUT2D eigenvalue weighted by Gasteiger charge is 2.40. The molecule has 2 fully saturated rings. The molecule has 0 saturated carbocycles. The molecule has 2 aliphatic rings. The van der Waals surface area contributed by atoms with Gasteiger partial charge in [-0.05, 0) is 25.2 Å². The van der Waals surface area contributed by atoms with Crippen LogP contribution < -0.4 is 0 Å². The van der Waals surface area contributed by atoms with Crippen molar-refractivity contribution in [3.05, 3.63) is 0 Å². The Balaban J connectivity index is 2.17. The van der Waals surface area contributed by atoms with Gasteiger partial charge in [-0.1, -0.05) is 13.8 Å². The molecule has 0 radical (unpaired) electrons. The zero-order valence-corrected chi connectivity index (χ0v) is 13.8. The SMILES string of the molecule is CCN([C@@H]1CCS(=O)(=O)C1)S(=O)(=O)N1CCC[C@H](C)C1. The van der Waals surface area contributed by atoms with Gasteiger partial charge in [0.2, 0.25) is 0 Å². The Morgan fingerprint density at radius 2 is 2.00 bits per heavy atom. The Morgan fingerprint density at radius 3 is 2.50 bits per heavy atom. The van der Waals surface area contributed by atoms with Gasteiger partial charge in [0.15, 0.2) is 9.84 Å². The van der Waals surface area contributed by atoms with Gasteiger partial charge in [-0.25, -0.2) is 8.42 Å². The highest BCUT2D eigenvalue weighted by Crippen LogP contribution is 2.25. The quantitative estimate of drug-likeness (QED) is 0.753. The summed E-state index contributed by atoms with van der Waals surface area (Å²) in [6.07, 6.45) is 2.34. The fraction of sp³-hybridized carbons (Fsp3) is 1.00. The second-order valence-electron chi connectivity index (χ2n) is 5.87. The molecule has 2 aliphatic heterocycles. The lowest BCUT2D eigenvalue weighted by atomic mass is 10.0. The van der Waals surface area contributed by atoms with Crippen LogP contribution >= 0.6 is 0 Å².